The maximum Gasteiger partial charge on any atom is 0.433 e. The molecule has 1 aliphatic rings. The standard InChI is InChI=1S/C31H34F3N5O5/c1-18-16-37(24(17-40)22-7-6-8-25(43-4)27(22)44-5)13-14-38(18)30(41)23-15-35-39-28(31(32,33)34)19(2)26(36-29(23)39)20-9-11-21(42-3)12-10-20/h6-12,15,18,24,40H,13-14,16-17H2,1-5H3/t18-,24?/m1/s1. The van der Waals surface area contributed by atoms with Crippen molar-refractivity contribution in [1.82, 2.24) is 24.4 Å². The first kappa shape index (κ1) is 31.1. The molecule has 0 aliphatic carbocycles. The molecule has 2 aromatic carbocycles. The zero-order chi connectivity index (χ0) is 31.8. The number of aliphatic hydroxyl groups excluding tert-OH is 1. The molecule has 13 heteroatoms. The van der Waals surface area contributed by atoms with Gasteiger partial charge in [-0.15, -0.1) is 0 Å². The van der Waals surface area contributed by atoms with Crippen molar-refractivity contribution in [2.75, 3.05) is 47.6 Å². The fraction of sp³-hybridized carbons (Fsp3) is 0.387. The smallest absolute Gasteiger partial charge is 0.433 e. The van der Waals surface area contributed by atoms with Gasteiger partial charge in [0.15, 0.2) is 22.8 Å². The summed E-state index contributed by atoms with van der Waals surface area (Å²) in [5.41, 5.74) is -0.0277. The van der Waals surface area contributed by atoms with E-state index in [1.54, 1.807) is 35.2 Å². The summed E-state index contributed by atoms with van der Waals surface area (Å²) >= 11 is 0. The summed E-state index contributed by atoms with van der Waals surface area (Å²) in [4.78, 5) is 22.1. The number of rotatable bonds is 8. The molecule has 1 saturated heterocycles. The fourth-order valence-corrected chi connectivity index (χ4v) is 5.90. The lowest BCUT2D eigenvalue weighted by Gasteiger charge is -2.43. The van der Waals surface area contributed by atoms with E-state index in [4.69, 9.17) is 14.2 Å². The second kappa shape index (κ2) is 12.3. The van der Waals surface area contributed by atoms with Crippen molar-refractivity contribution in [3.63, 3.8) is 0 Å². The minimum atomic E-state index is -4.75. The van der Waals surface area contributed by atoms with Crippen LogP contribution < -0.4 is 14.2 Å². The van der Waals surface area contributed by atoms with Crippen LogP contribution in [0.3, 0.4) is 0 Å². The molecule has 0 bridgehead atoms. The Morgan fingerprint density at radius 2 is 1.80 bits per heavy atom. The number of fused-ring (bicyclic) bond motifs is 1. The highest BCUT2D eigenvalue weighted by molar-refractivity contribution is 6.00. The van der Waals surface area contributed by atoms with Crippen LogP contribution in [0.4, 0.5) is 13.2 Å². The molecule has 1 fully saturated rings. The lowest BCUT2D eigenvalue weighted by atomic mass is 10.0. The molecule has 0 saturated carbocycles. The minimum absolute atomic E-state index is 0.0289. The first-order chi connectivity index (χ1) is 21.0. The molecule has 4 aromatic rings. The number of alkyl halides is 3. The Bertz CT molecular complexity index is 1660. The van der Waals surface area contributed by atoms with Crippen LogP contribution in [0.5, 0.6) is 17.2 Å². The van der Waals surface area contributed by atoms with E-state index < -0.39 is 23.8 Å². The third-order valence-corrected chi connectivity index (χ3v) is 8.07. The van der Waals surface area contributed by atoms with E-state index in [-0.39, 0.29) is 41.7 Å². The predicted octanol–water partition coefficient (Wildman–Crippen LogP) is 4.63. The molecule has 10 nitrogen and oxygen atoms in total. The van der Waals surface area contributed by atoms with Crippen molar-refractivity contribution in [1.29, 1.82) is 0 Å². The number of amides is 1. The highest BCUT2D eigenvalue weighted by Gasteiger charge is 2.40. The zero-order valence-corrected chi connectivity index (χ0v) is 25.1. The molecule has 1 N–H and O–H groups in total. The van der Waals surface area contributed by atoms with Gasteiger partial charge in [-0.05, 0) is 44.2 Å². The number of para-hydroxylation sites is 1. The highest BCUT2D eigenvalue weighted by Crippen LogP contribution is 2.39. The number of hydrogen-bond acceptors (Lipinski definition) is 8. The van der Waals surface area contributed by atoms with Crippen molar-refractivity contribution in [3.8, 4) is 28.5 Å². The second-order valence-corrected chi connectivity index (χ2v) is 10.6. The zero-order valence-electron chi connectivity index (χ0n) is 25.1. The predicted molar refractivity (Wildman–Crippen MR) is 156 cm³/mol. The molecule has 0 radical (unpaired) electrons. The van der Waals surface area contributed by atoms with Crippen molar-refractivity contribution < 1.29 is 37.3 Å². The van der Waals surface area contributed by atoms with E-state index in [9.17, 15) is 23.1 Å². The minimum Gasteiger partial charge on any atom is -0.497 e. The molecule has 1 unspecified atom stereocenters. The van der Waals surface area contributed by atoms with E-state index in [1.807, 2.05) is 24.0 Å². The van der Waals surface area contributed by atoms with Crippen LogP contribution in [-0.4, -0.2) is 89.0 Å². The van der Waals surface area contributed by atoms with Gasteiger partial charge in [0.1, 0.15) is 11.3 Å². The Kier molecular flexibility index (Phi) is 8.71. The maximum atomic E-state index is 14.4. The summed E-state index contributed by atoms with van der Waals surface area (Å²) in [6.45, 7) is 4.06. The Labute approximate surface area is 252 Å². The van der Waals surface area contributed by atoms with Gasteiger partial charge in [0.25, 0.3) is 5.91 Å². The van der Waals surface area contributed by atoms with Gasteiger partial charge in [-0.25, -0.2) is 9.50 Å². The molecule has 1 aliphatic heterocycles. The van der Waals surface area contributed by atoms with E-state index in [0.29, 0.717) is 40.4 Å². The van der Waals surface area contributed by atoms with Gasteiger partial charge in [-0.1, -0.05) is 12.1 Å². The van der Waals surface area contributed by atoms with Crippen LogP contribution in [-0.2, 0) is 6.18 Å². The van der Waals surface area contributed by atoms with E-state index in [0.717, 1.165) is 11.8 Å². The van der Waals surface area contributed by atoms with Gasteiger partial charge in [-0.2, -0.15) is 18.3 Å². The number of piperazine rings is 1. The summed E-state index contributed by atoms with van der Waals surface area (Å²) in [5.74, 6) is 1.12. The Balaban J connectivity index is 1.48. The van der Waals surface area contributed by atoms with Crippen LogP contribution in [0.25, 0.3) is 16.9 Å². The highest BCUT2D eigenvalue weighted by atomic mass is 19.4. The Hall–Kier alpha value is -4.36. The molecule has 0 spiro atoms. The molecular weight excluding hydrogens is 579 g/mol. The average Bonchev–Trinajstić information content (AvgIpc) is 3.43. The monoisotopic (exact) mass is 613 g/mol. The quantitative estimate of drug-likeness (QED) is 0.307. The summed E-state index contributed by atoms with van der Waals surface area (Å²) in [7, 11) is 4.57. The largest absolute Gasteiger partial charge is 0.497 e. The fourth-order valence-electron chi connectivity index (χ4n) is 5.90. The number of benzene rings is 2. The molecule has 2 aromatic heterocycles. The number of halogens is 3. The normalized spacial score (nSPS) is 16.7. The molecule has 44 heavy (non-hydrogen) atoms. The van der Waals surface area contributed by atoms with Crippen LogP contribution in [0.15, 0.2) is 48.7 Å². The number of aromatic nitrogens is 3. The van der Waals surface area contributed by atoms with Gasteiger partial charge >= 0.3 is 6.18 Å². The summed E-state index contributed by atoms with van der Waals surface area (Å²) in [5, 5.41) is 14.3. The molecule has 234 valence electrons. The van der Waals surface area contributed by atoms with Crippen LogP contribution in [0.2, 0.25) is 0 Å². The summed E-state index contributed by atoms with van der Waals surface area (Å²) in [6, 6.07) is 11.2. The third-order valence-electron chi connectivity index (χ3n) is 8.07. The van der Waals surface area contributed by atoms with Crippen molar-refractivity contribution in [2.24, 2.45) is 0 Å². The van der Waals surface area contributed by atoms with Gasteiger partial charge < -0.3 is 24.2 Å². The molecule has 2 atom stereocenters. The summed E-state index contributed by atoms with van der Waals surface area (Å²) < 4.78 is 60.0. The van der Waals surface area contributed by atoms with Gasteiger partial charge in [0.2, 0.25) is 0 Å². The third kappa shape index (κ3) is 5.52. The number of ether oxygens (including phenoxy) is 3. The first-order valence-corrected chi connectivity index (χ1v) is 14.0. The Morgan fingerprint density at radius 1 is 1.07 bits per heavy atom. The maximum absolute atomic E-state index is 14.4. The number of methoxy groups -OCH3 is 3. The van der Waals surface area contributed by atoms with E-state index in [2.05, 4.69) is 10.1 Å². The van der Waals surface area contributed by atoms with Gasteiger partial charge in [-0.3, -0.25) is 9.69 Å². The van der Waals surface area contributed by atoms with Crippen molar-refractivity contribution in [2.45, 2.75) is 32.1 Å². The SMILES string of the molecule is COc1ccc(-c2nc3c(C(=O)N4CCN(C(CO)c5cccc(OC)c5OC)C[C@H]4C)cnn3c(C(F)(F)F)c2C)cc1. The van der Waals surface area contributed by atoms with Crippen LogP contribution in [0.1, 0.15) is 40.1 Å². The van der Waals surface area contributed by atoms with Gasteiger partial charge in [0, 0.05) is 42.4 Å². The van der Waals surface area contributed by atoms with Crippen molar-refractivity contribution >= 4 is 11.6 Å². The van der Waals surface area contributed by atoms with E-state index in [1.165, 1.54) is 28.3 Å². The van der Waals surface area contributed by atoms with Crippen molar-refractivity contribution in [3.05, 3.63) is 71.0 Å². The number of carbonyl (C=O) groups is 1. The number of hydrogen-bond donors (Lipinski definition) is 1. The molecule has 1 amide bonds. The van der Waals surface area contributed by atoms with Crippen LogP contribution >= 0.6 is 0 Å². The molecule has 3 heterocycles. The van der Waals surface area contributed by atoms with Gasteiger partial charge in [0.05, 0.1) is 45.9 Å². The Morgan fingerprint density at radius 3 is 2.39 bits per heavy atom. The number of carbonyl (C=O) groups excluding carboxylic acids is 1. The second-order valence-electron chi connectivity index (χ2n) is 10.6. The lowest BCUT2D eigenvalue weighted by molar-refractivity contribution is -0.143. The lowest BCUT2D eigenvalue weighted by Crippen LogP contribution is -2.55. The molecular formula is C31H34F3N5O5. The topological polar surface area (TPSA) is 102 Å². The van der Waals surface area contributed by atoms with E-state index >= 15 is 0 Å². The number of nitrogens with zero attached hydrogens (tertiary/aromatic N) is 5. The summed E-state index contributed by atoms with van der Waals surface area (Å²) in [6.07, 6.45) is -3.61. The number of aliphatic hydroxyl groups is 1. The molecule has 5 rings (SSSR count). The van der Waals surface area contributed by atoms with Crippen LogP contribution in [0, 0.1) is 6.92 Å². The first-order valence-electron chi connectivity index (χ1n) is 14.0. The average molecular weight is 614 g/mol.